The molecule has 1 aliphatic heterocycles. The first kappa shape index (κ1) is 15.8. The molecular formula is C20H20N2O3. The summed E-state index contributed by atoms with van der Waals surface area (Å²) in [4.78, 5) is 27.6. The molecule has 0 spiro atoms. The van der Waals surface area contributed by atoms with Gasteiger partial charge in [0.05, 0.1) is 5.52 Å². The van der Waals surface area contributed by atoms with Gasteiger partial charge < -0.3 is 4.42 Å². The van der Waals surface area contributed by atoms with Crippen LogP contribution in [0.4, 0.5) is 0 Å². The van der Waals surface area contributed by atoms with Gasteiger partial charge in [0, 0.05) is 30.1 Å². The molecular weight excluding hydrogens is 316 g/mol. The van der Waals surface area contributed by atoms with Gasteiger partial charge in [-0.3, -0.25) is 14.7 Å². The maximum Gasteiger partial charge on any atom is 0.417 e. The van der Waals surface area contributed by atoms with Gasteiger partial charge in [-0.1, -0.05) is 30.3 Å². The summed E-state index contributed by atoms with van der Waals surface area (Å²) in [5.41, 5.74) is 4.41. The van der Waals surface area contributed by atoms with Crippen LogP contribution in [-0.2, 0) is 6.54 Å². The molecule has 1 atom stereocenters. The second-order valence-corrected chi connectivity index (χ2v) is 6.68. The highest BCUT2D eigenvalue weighted by Crippen LogP contribution is 2.31. The second kappa shape index (κ2) is 6.69. The number of aromatic nitrogens is 1. The van der Waals surface area contributed by atoms with Gasteiger partial charge >= 0.3 is 5.76 Å². The molecule has 128 valence electrons. The van der Waals surface area contributed by atoms with E-state index in [1.165, 1.54) is 0 Å². The summed E-state index contributed by atoms with van der Waals surface area (Å²) in [5.74, 6) is -0.0635. The molecule has 1 aromatic heterocycles. The number of nitrogens with one attached hydrogen (secondary N) is 1. The van der Waals surface area contributed by atoms with Crippen LogP contribution in [0.5, 0.6) is 0 Å². The van der Waals surface area contributed by atoms with Crippen molar-refractivity contribution in [3.8, 4) is 0 Å². The number of piperidine rings is 1. The van der Waals surface area contributed by atoms with E-state index in [0.717, 1.165) is 55.4 Å². The fourth-order valence-electron chi connectivity index (χ4n) is 3.79. The van der Waals surface area contributed by atoms with Crippen LogP contribution >= 0.6 is 0 Å². The molecule has 1 saturated heterocycles. The van der Waals surface area contributed by atoms with Crippen LogP contribution in [0, 0.1) is 0 Å². The Balaban J connectivity index is 1.56. The van der Waals surface area contributed by atoms with Gasteiger partial charge in [-0.05, 0) is 37.1 Å². The highest BCUT2D eigenvalue weighted by Gasteiger charge is 2.24. The Bertz CT molecular complexity index is 957. The van der Waals surface area contributed by atoms with Crippen molar-refractivity contribution >= 4 is 17.4 Å². The van der Waals surface area contributed by atoms with Crippen molar-refractivity contribution in [2.75, 3.05) is 13.1 Å². The maximum absolute atomic E-state index is 11.5. The summed E-state index contributed by atoms with van der Waals surface area (Å²) in [6.45, 7) is 2.78. The molecule has 0 amide bonds. The lowest BCUT2D eigenvalue weighted by Crippen LogP contribution is -2.33. The molecule has 0 bridgehead atoms. The van der Waals surface area contributed by atoms with E-state index >= 15 is 0 Å². The predicted octanol–water partition coefficient (Wildman–Crippen LogP) is 3.31. The number of rotatable bonds is 4. The minimum atomic E-state index is -0.402. The topological polar surface area (TPSA) is 66.3 Å². The zero-order valence-electron chi connectivity index (χ0n) is 13.9. The molecule has 0 radical (unpaired) electrons. The van der Waals surface area contributed by atoms with Crippen LogP contribution in [0.1, 0.15) is 40.2 Å². The third kappa shape index (κ3) is 3.28. The molecule has 4 rings (SSSR count). The fourth-order valence-corrected chi connectivity index (χ4v) is 3.79. The van der Waals surface area contributed by atoms with Crippen molar-refractivity contribution in [2.45, 2.75) is 25.3 Å². The van der Waals surface area contributed by atoms with Gasteiger partial charge in [-0.15, -0.1) is 0 Å². The third-order valence-electron chi connectivity index (χ3n) is 4.92. The van der Waals surface area contributed by atoms with E-state index in [-0.39, 0.29) is 0 Å². The zero-order chi connectivity index (χ0) is 17.2. The number of aldehydes is 1. The minimum Gasteiger partial charge on any atom is -0.408 e. The standard InChI is InChI=1S/C20H20N2O3/c23-13-15-5-1-4-14(10-15)11-22-9-3-6-16(12-22)17-7-2-8-18-19(17)25-20(24)21-18/h1-2,4-5,7-8,10,13,16H,3,6,9,11-12H2,(H,21,24). The van der Waals surface area contributed by atoms with Gasteiger partial charge in [0.25, 0.3) is 0 Å². The van der Waals surface area contributed by atoms with E-state index in [2.05, 4.69) is 22.0 Å². The average molecular weight is 336 g/mol. The lowest BCUT2D eigenvalue weighted by molar-refractivity contribution is 0.112. The quantitative estimate of drug-likeness (QED) is 0.742. The summed E-state index contributed by atoms with van der Waals surface area (Å²) in [7, 11) is 0. The predicted molar refractivity (Wildman–Crippen MR) is 95.9 cm³/mol. The first-order valence-electron chi connectivity index (χ1n) is 8.61. The Morgan fingerprint density at radius 3 is 3.00 bits per heavy atom. The molecule has 5 nitrogen and oxygen atoms in total. The number of carbonyl (C=O) groups is 1. The summed E-state index contributed by atoms with van der Waals surface area (Å²) in [6, 6.07) is 13.6. The number of para-hydroxylation sites is 1. The highest BCUT2D eigenvalue weighted by atomic mass is 16.4. The Hall–Kier alpha value is -2.66. The molecule has 2 aromatic carbocycles. The lowest BCUT2D eigenvalue weighted by atomic mass is 9.90. The van der Waals surface area contributed by atoms with Gasteiger partial charge in [0.15, 0.2) is 5.58 Å². The summed E-state index contributed by atoms with van der Waals surface area (Å²) < 4.78 is 5.37. The highest BCUT2D eigenvalue weighted by molar-refractivity contribution is 5.76. The third-order valence-corrected chi connectivity index (χ3v) is 4.92. The van der Waals surface area contributed by atoms with Crippen molar-refractivity contribution < 1.29 is 9.21 Å². The molecule has 1 unspecified atom stereocenters. The number of fused-ring (bicyclic) bond motifs is 1. The van der Waals surface area contributed by atoms with Gasteiger partial charge in [-0.2, -0.15) is 0 Å². The number of oxazole rings is 1. The number of benzene rings is 2. The van der Waals surface area contributed by atoms with E-state index in [1.54, 1.807) is 0 Å². The number of aromatic amines is 1. The van der Waals surface area contributed by atoms with Crippen molar-refractivity contribution in [1.82, 2.24) is 9.88 Å². The Labute approximate surface area is 145 Å². The van der Waals surface area contributed by atoms with Crippen LogP contribution in [-0.4, -0.2) is 29.3 Å². The number of likely N-dealkylation sites (tertiary alicyclic amines) is 1. The molecule has 0 aliphatic carbocycles. The SMILES string of the molecule is O=Cc1cccc(CN2CCCC(c3cccc4[nH]c(=O)oc34)C2)c1. The molecule has 0 saturated carbocycles. The first-order valence-corrected chi connectivity index (χ1v) is 8.61. The number of hydrogen-bond donors (Lipinski definition) is 1. The number of hydrogen-bond acceptors (Lipinski definition) is 4. The monoisotopic (exact) mass is 336 g/mol. The average Bonchev–Trinajstić information content (AvgIpc) is 3.02. The molecule has 25 heavy (non-hydrogen) atoms. The minimum absolute atomic E-state index is 0.339. The van der Waals surface area contributed by atoms with Gasteiger partial charge in [0.2, 0.25) is 0 Å². The van der Waals surface area contributed by atoms with E-state index in [0.29, 0.717) is 17.1 Å². The van der Waals surface area contributed by atoms with Crippen LogP contribution in [0.15, 0.2) is 51.7 Å². The van der Waals surface area contributed by atoms with Crippen molar-refractivity contribution in [3.05, 3.63) is 69.7 Å². The van der Waals surface area contributed by atoms with Crippen LogP contribution in [0.25, 0.3) is 11.1 Å². The second-order valence-electron chi connectivity index (χ2n) is 6.68. The van der Waals surface area contributed by atoms with E-state index in [9.17, 15) is 9.59 Å². The van der Waals surface area contributed by atoms with E-state index in [4.69, 9.17) is 4.42 Å². The summed E-state index contributed by atoms with van der Waals surface area (Å²) in [5, 5.41) is 0. The zero-order valence-corrected chi connectivity index (χ0v) is 13.9. The molecule has 1 N–H and O–H groups in total. The van der Waals surface area contributed by atoms with Gasteiger partial charge in [0.1, 0.15) is 6.29 Å². The van der Waals surface area contributed by atoms with E-state index < -0.39 is 5.76 Å². The van der Waals surface area contributed by atoms with Crippen molar-refractivity contribution in [3.63, 3.8) is 0 Å². The Morgan fingerprint density at radius 2 is 2.12 bits per heavy atom. The van der Waals surface area contributed by atoms with Crippen LogP contribution < -0.4 is 5.76 Å². The molecule has 1 fully saturated rings. The van der Waals surface area contributed by atoms with Crippen molar-refractivity contribution in [2.24, 2.45) is 0 Å². The van der Waals surface area contributed by atoms with Crippen LogP contribution in [0.2, 0.25) is 0 Å². The fraction of sp³-hybridized carbons (Fsp3) is 0.300. The van der Waals surface area contributed by atoms with Crippen LogP contribution in [0.3, 0.4) is 0 Å². The number of H-pyrrole nitrogens is 1. The molecule has 2 heterocycles. The smallest absolute Gasteiger partial charge is 0.408 e. The summed E-state index contributed by atoms with van der Waals surface area (Å²) in [6.07, 6.45) is 3.07. The first-order chi connectivity index (χ1) is 12.2. The maximum atomic E-state index is 11.5. The number of carbonyl (C=O) groups excluding carboxylic acids is 1. The normalized spacial score (nSPS) is 18.5. The molecule has 3 aromatic rings. The van der Waals surface area contributed by atoms with E-state index in [1.807, 2.05) is 30.3 Å². The Kier molecular flexibility index (Phi) is 4.24. The molecule has 1 aliphatic rings. The summed E-state index contributed by atoms with van der Waals surface area (Å²) >= 11 is 0. The number of nitrogens with zero attached hydrogens (tertiary/aromatic N) is 1. The van der Waals surface area contributed by atoms with Gasteiger partial charge in [-0.25, -0.2) is 4.79 Å². The molecule has 5 heteroatoms. The van der Waals surface area contributed by atoms with Crippen molar-refractivity contribution in [1.29, 1.82) is 0 Å². The Morgan fingerprint density at radius 1 is 1.24 bits per heavy atom. The largest absolute Gasteiger partial charge is 0.417 e. The lowest BCUT2D eigenvalue weighted by Gasteiger charge is -2.33.